The average Bonchev–Trinajstić information content (AvgIpc) is 2.71. The molecule has 1 aliphatic rings. The highest BCUT2D eigenvalue weighted by atomic mass is 19.1. The van der Waals surface area contributed by atoms with Crippen LogP contribution in [0.15, 0.2) is 24.3 Å². The Morgan fingerprint density at radius 1 is 1.27 bits per heavy atom. The van der Waals surface area contributed by atoms with E-state index < -0.39 is 23.3 Å². The number of urea groups is 1. The van der Waals surface area contributed by atoms with E-state index in [1.165, 1.54) is 31.2 Å². The molecule has 0 saturated carbocycles. The van der Waals surface area contributed by atoms with Gasteiger partial charge in [-0.25, -0.2) is 9.18 Å². The number of amides is 3. The van der Waals surface area contributed by atoms with Crippen molar-refractivity contribution in [1.82, 2.24) is 10.2 Å². The molecule has 1 atom stereocenters. The van der Waals surface area contributed by atoms with Crippen LogP contribution >= 0.6 is 0 Å². The number of benzene rings is 1. The van der Waals surface area contributed by atoms with Gasteiger partial charge in [-0.2, -0.15) is 0 Å². The van der Waals surface area contributed by atoms with E-state index in [2.05, 4.69) is 5.32 Å². The Morgan fingerprint density at radius 2 is 1.91 bits per heavy atom. The Labute approximate surface area is 128 Å². The summed E-state index contributed by atoms with van der Waals surface area (Å²) in [5.74, 6) is -1.13. The third kappa shape index (κ3) is 2.86. The molecular formula is C16H19FN2O3. The molecule has 1 aliphatic heterocycles. The summed E-state index contributed by atoms with van der Waals surface area (Å²) < 4.78 is 13.1. The van der Waals surface area contributed by atoms with Gasteiger partial charge in [-0.3, -0.25) is 14.5 Å². The van der Waals surface area contributed by atoms with E-state index in [9.17, 15) is 18.8 Å². The molecule has 0 bridgehead atoms. The van der Waals surface area contributed by atoms with Crippen LogP contribution in [-0.4, -0.2) is 29.2 Å². The second-order valence-electron chi connectivity index (χ2n) is 5.54. The quantitative estimate of drug-likeness (QED) is 0.820. The van der Waals surface area contributed by atoms with Crippen molar-refractivity contribution in [3.8, 4) is 0 Å². The van der Waals surface area contributed by atoms with Crippen LogP contribution in [0.5, 0.6) is 0 Å². The fourth-order valence-corrected chi connectivity index (χ4v) is 2.68. The molecule has 1 aromatic carbocycles. The number of unbranched alkanes of at least 4 members (excludes halogenated alkanes) is 1. The van der Waals surface area contributed by atoms with Gasteiger partial charge in [0.1, 0.15) is 17.1 Å². The number of hydrogen-bond acceptors (Lipinski definition) is 3. The molecule has 0 radical (unpaired) electrons. The normalized spacial score (nSPS) is 21.1. The molecule has 1 N–H and O–H groups in total. The summed E-state index contributed by atoms with van der Waals surface area (Å²) in [5, 5.41) is 2.71. The van der Waals surface area contributed by atoms with Crippen LogP contribution in [0.1, 0.15) is 38.7 Å². The fraction of sp³-hybridized carbons (Fsp3) is 0.438. The van der Waals surface area contributed by atoms with E-state index in [4.69, 9.17) is 0 Å². The van der Waals surface area contributed by atoms with Crippen molar-refractivity contribution in [2.24, 2.45) is 0 Å². The van der Waals surface area contributed by atoms with E-state index in [0.29, 0.717) is 12.0 Å². The van der Waals surface area contributed by atoms with Gasteiger partial charge in [0.05, 0.1) is 6.54 Å². The zero-order chi connectivity index (χ0) is 16.3. The zero-order valence-electron chi connectivity index (χ0n) is 12.7. The summed E-state index contributed by atoms with van der Waals surface area (Å²) in [6.07, 6.45) is 1.98. The van der Waals surface area contributed by atoms with Gasteiger partial charge in [0.15, 0.2) is 0 Å². The molecular weight excluding hydrogens is 287 g/mol. The van der Waals surface area contributed by atoms with Crippen LogP contribution in [0.4, 0.5) is 9.18 Å². The van der Waals surface area contributed by atoms with Crippen LogP contribution in [0, 0.1) is 5.82 Å². The first kappa shape index (κ1) is 16.1. The lowest BCUT2D eigenvalue weighted by Gasteiger charge is -2.27. The average molecular weight is 306 g/mol. The maximum absolute atomic E-state index is 13.1. The standard InChI is InChI=1S/C16H19FN2O3/c1-3-4-9-16(12-5-7-13(17)8-6-12)14(21)19(10-11(2)20)15(22)18-16/h5-8H,3-4,9-10H2,1-2H3,(H,18,22)/t16-/m0/s1. The highest BCUT2D eigenvalue weighted by Gasteiger charge is 2.51. The topological polar surface area (TPSA) is 66.5 Å². The molecule has 22 heavy (non-hydrogen) atoms. The summed E-state index contributed by atoms with van der Waals surface area (Å²) in [7, 11) is 0. The van der Waals surface area contributed by atoms with Crippen LogP contribution in [0.2, 0.25) is 0 Å². The van der Waals surface area contributed by atoms with Crippen molar-refractivity contribution in [3.63, 3.8) is 0 Å². The Balaban J connectivity index is 2.42. The monoisotopic (exact) mass is 306 g/mol. The first-order valence-corrected chi connectivity index (χ1v) is 7.30. The van der Waals surface area contributed by atoms with Gasteiger partial charge in [-0.1, -0.05) is 31.9 Å². The Bertz CT molecular complexity index is 600. The van der Waals surface area contributed by atoms with Gasteiger partial charge in [0, 0.05) is 0 Å². The summed E-state index contributed by atoms with van der Waals surface area (Å²) >= 11 is 0. The molecule has 1 aromatic rings. The molecule has 0 spiro atoms. The molecule has 0 aromatic heterocycles. The van der Waals surface area contributed by atoms with E-state index in [1.807, 2.05) is 6.92 Å². The molecule has 0 aliphatic carbocycles. The third-order valence-electron chi connectivity index (χ3n) is 3.80. The lowest BCUT2D eigenvalue weighted by Crippen LogP contribution is -2.44. The molecule has 3 amide bonds. The number of ketones is 1. The minimum atomic E-state index is -1.21. The number of carbonyl (C=O) groups excluding carboxylic acids is 3. The van der Waals surface area contributed by atoms with E-state index >= 15 is 0 Å². The second-order valence-corrected chi connectivity index (χ2v) is 5.54. The van der Waals surface area contributed by atoms with Crippen LogP contribution in [-0.2, 0) is 15.1 Å². The lowest BCUT2D eigenvalue weighted by atomic mass is 9.84. The number of imide groups is 1. The van der Waals surface area contributed by atoms with Crippen molar-refractivity contribution in [2.75, 3.05) is 6.54 Å². The third-order valence-corrected chi connectivity index (χ3v) is 3.80. The minimum Gasteiger partial charge on any atom is -0.319 e. The first-order chi connectivity index (χ1) is 10.4. The number of Topliss-reactive ketones (excluding diaryl/α,β-unsaturated/α-hetero) is 1. The number of halogens is 1. The molecule has 6 heteroatoms. The maximum atomic E-state index is 13.1. The Kier molecular flexibility index (Phi) is 4.59. The Morgan fingerprint density at radius 3 is 2.45 bits per heavy atom. The van der Waals surface area contributed by atoms with E-state index in [1.54, 1.807) is 0 Å². The minimum absolute atomic E-state index is 0.250. The second kappa shape index (κ2) is 6.25. The van der Waals surface area contributed by atoms with Gasteiger partial charge in [-0.15, -0.1) is 0 Å². The lowest BCUT2D eigenvalue weighted by molar-refractivity contribution is -0.134. The molecule has 0 unspecified atom stereocenters. The smallest absolute Gasteiger partial charge is 0.319 e. The highest BCUT2D eigenvalue weighted by molar-refractivity contribution is 6.09. The number of hydrogen-bond donors (Lipinski definition) is 1. The molecule has 1 saturated heterocycles. The number of nitrogens with one attached hydrogen (secondary N) is 1. The van der Waals surface area contributed by atoms with Gasteiger partial charge in [0.25, 0.3) is 5.91 Å². The zero-order valence-corrected chi connectivity index (χ0v) is 12.7. The van der Waals surface area contributed by atoms with Crippen LogP contribution in [0.3, 0.4) is 0 Å². The van der Waals surface area contributed by atoms with E-state index in [0.717, 1.165) is 17.7 Å². The number of carbonyl (C=O) groups is 3. The SMILES string of the molecule is CCCC[C@@]1(c2ccc(F)cc2)NC(=O)N(CC(C)=O)C1=O. The van der Waals surface area contributed by atoms with Crippen LogP contribution in [0.25, 0.3) is 0 Å². The molecule has 1 fully saturated rings. The summed E-state index contributed by atoms with van der Waals surface area (Å²) in [5.41, 5.74) is -0.678. The fourth-order valence-electron chi connectivity index (χ4n) is 2.68. The predicted molar refractivity (Wildman–Crippen MR) is 78.5 cm³/mol. The molecule has 5 nitrogen and oxygen atoms in total. The Hall–Kier alpha value is -2.24. The van der Waals surface area contributed by atoms with Gasteiger partial charge < -0.3 is 5.32 Å². The van der Waals surface area contributed by atoms with Crippen molar-refractivity contribution in [3.05, 3.63) is 35.6 Å². The van der Waals surface area contributed by atoms with E-state index in [-0.39, 0.29) is 12.3 Å². The van der Waals surface area contributed by atoms with Crippen molar-refractivity contribution in [1.29, 1.82) is 0 Å². The van der Waals surface area contributed by atoms with Crippen LogP contribution < -0.4 is 5.32 Å². The maximum Gasteiger partial charge on any atom is 0.325 e. The van der Waals surface area contributed by atoms with Gasteiger partial charge in [-0.05, 0) is 31.0 Å². The first-order valence-electron chi connectivity index (χ1n) is 7.30. The summed E-state index contributed by atoms with van der Waals surface area (Å²) in [6, 6.07) is 4.94. The van der Waals surface area contributed by atoms with Crippen molar-refractivity contribution in [2.45, 2.75) is 38.6 Å². The van der Waals surface area contributed by atoms with Gasteiger partial charge in [0.2, 0.25) is 0 Å². The van der Waals surface area contributed by atoms with Crippen molar-refractivity contribution >= 4 is 17.7 Å². The van der Waals surface area contributed by atoms with Gasteiger partial charge >= 0.3 is 6.03 Å². The number of rotatable bonds is 6. The molecule has 1 heterocycles. The molecule has 2 rings (SSSR count). The highest BCUT2D eigenvalue weighted by Crippen LogP contribution is 2.34. The number of nitrogens with zero attached hydrogens (tertiary/aromatic N) is 1. The van der Waals surface area contributed by atoms with Crippen molar-refractivity contribution < 1.29 is 18.8 Å². The predicted octanol–water partition coefficient (Wildman–Crippen LogP) is 2.35. The summed E-state index contributed by atoms with van der Waals surface area (Å²) in [6.45, 7) is 3.05. The largest absolute Gasteiger partial charge is 0.325 e. The summed E-state index contributed by atoms with van der Waals surface area (Å²) in [4.78, 5) is 37.1. The molecule has 118 valence electrons.